The number of carbonyl (C=O) groups is 1. The van der Waals surface area contributed by atoms with Crippen molar-refractivity contribution in [3.63, 3.8) is 0 Å². The minimum absolute atomic E-state index is 0.171. The van der Waals surface area contributed by atoms with Gasteiger partial charge in [-0.2, -0.15) is 0 Å². The summed E-state index contributed by atoms with van der Waals surface area (Å²) in [4.78, 5) is 12.1. The van der Waals surface area contributed by atoms with E-state index in [4.69, 9.17) is 4.74 Å². The molecule has 2 aliphatic rings. The van der Waals surface area contributed by atoms with Crippen molar-refractivity contribution < 1.29 is 9.53 Å². The molecule has 0 atom stereocenters. The first-order valence-electron chi connectivity index (χ1n) is 9.05. The zero-order chi connectivity index (χ0) is 15.9. The number of carbonyl (C=O) groups excluding carboxylic acids is 1. The van der Waals surface area contributed by atoms with Gasteiger partial charge in [-0.3, -0.25) is 4.79 Å². The summed E-state index contributed by atoms with van der Waals surface area (Å²) in [6, 6.07) is 8.17. The van der Waals surface area contributed by atoms with Gasteiger partial charge in [0.1, 0.15) is 5.75 Å². The number of nitrogens with one attached hydrogen (secondary N) is 2. The molecule has 1 aliphatic carbocycles. The molecule has 0 bridgehead atoms. The van der Waals surface area contributed by atoms with E-state index in [0.29, 0.717) is 12.6 Å². The highest BCUT2D eigenvalue weighted by Gasteiger charge is 2.20. The third-order valence-corrected chi connectivity index (χ3v) is 4.95. The average molecular weight is 316 g/mol. The molecule has 1 aliphatic heterocycles. The molecule has 1 saturated heterocycles. The highest BCUT2D eigenvalue weighted by Crippen LogP contribution is 2.23. The maximum atomic E-state index is 12.1. The Morgan fingerprint density at radius 2 is 1.74 bits per heavy atom. The fraction of sp³-hybridized carbons (Fsp3) is 0.632. The molecule has 0 spiro atoms. The molecule has 1 amide bonds. The molecular formula is C19H28N2O2. The van der Waals surface area contributed by atoms with E-state index in [1.54, 1.807) is 0 Å². The van der Waals surface area contributed by atoms with E-state index in [0.717, 1.165) is 37.2 Å². The Morgan fingerprint density at radius 3 is 2.43 bits per heavy atom. The largest absolute Gasteiger partial charge is 0.490 e. The summed E-state index contributed by atoms with van der Waals surface area (Å²) in [5.74, 6) is 1.31. The Hall–Kier alpha value is -1.55. The van der Waals surface area contributed by atoms with E-state index in [-0.39, 0.29) is 11.8 Å². The van der Waals surface area contributed by atoms with E-state index in [1.165, 1.54) is 32.1 Å². The average Bonchev–Trinajstić information content (AvgIpc) is 2.62. The second-order valence-electron chi connectivity index (χ2n) is 6.76. The molecule has 4 heteroatoms. The number of rotatable bonds is 5. The molecule has 1 aromatic carbocycles. The number of piperidine rings is 1. The lowest BCUT2D eigenvalue weighted by molar-refractivity contribution is -0.125. The van der Waals surface area contributed by atoms with Crippen molar-refractivity contribution in [1.82, 2.24) is 10.6 Å². The summed E-state index contributed by atoms with van der Waals surface area (Å²) in [6.45, 7) is 2.50. The molecule has 2 N–H and O–H groups in total. The Kier molecular flexibility index (Phi) is 5.92. The van der Waals surface area contributed by atoms with Crippen LogP contribution in [0.5, 0.6) is 5.75 Å². The van der Waals surface area contributed by atoms with Crippen LogP contribution in [0.25, 0.3) is 0 Å². The number of benzene rings is 1. The van der Waals surface area contributed by atoms with Crippen LogP contribution >= 0.6 is 0 Å². The van der Waals surface area contributed by atoms with Gasteiger partial charge >= 0.3 is 0 Å². The maximum absolute atomic E-state index is 12.1. The lowest BCUT2D eigenvalue weighted by Crippen LogP contribution is -2.37. The third-order valence-electron chi connectivity index (χ3n) is 4.95. The Labute approximate surface area is 139 Å². The van der Waals surface area contributed by atoms with Gasteiger partial charge in [0.2, 0.25) is 5.91 Å². The minimum atomic E-state index is 0.171. The summed E-state index contributed by atoms with van der Waals surface area (Å²) >= 11 is 0. The van der Waals surface area contributed by atoms with E-state index in [9.17, 15) is 4.79 Å². The Balaban J connectivity index is 1.44. The summed E-state index contributed by atoms with van der Waals surface area (Å²) in [5.41, 5.74) is 1.13. The second kappa shape index (κ2) is 8.34. The molecule has 1 saturated carbocycles. The van der Waals surface area contributed by atoms with Crippen molar-refractivity contribution in [2.45, 2.75) is 57.6 Å². The van der Waals surface area contributed by atoms with Crippen molar-refractivity contribution in [3.8, 4) is 5.75 Å². The highest BCUT2D eigenvalue weighted by molar-refractivity contribution is 5.78. The van der Waals surface area contributed by atoms with Gasteiger partial charge in [0.25, 0.3) is 0 Å². The van der Waals surface area contributed by atoms with Crippen molar-refractivity contribution >= 4 is 5.91 Å². The quantitative estimate of drug-likeness (QED) is 0.878. The number of ether oxygens (including phenoxy) is 1. The van der Waals surface area contributed by atoms with Crippen LogP contribution in [0, 0.1) is 5.92 Å². The van der Waals surface area contributed by atoms with Crippen molar-refractivity contribution in [2.24, 2.45) is 5.92 Å². The third kappa shape index (κ3) is 4.96. The predicted molar refractivity (Wildman–Crippen MR) is 91.4 cm³/mol. The molecule has 3 rings (SSSR count). The van der Waals surface area contributed by atoms with Crippen LogP contribution in [0.2, 0.25) is 0 Å². The van der Waals surface area contributed by atoms with Crippen LogP contribution in [0.3, 0.4) is 0 Å². The van der Waals surface area contributed by atoms with E-state index in [2.05, 4.69) is 22.8 Å². The normalized spacial score (nSPS) is 20.2. The van der Waals surface area contributed by atoms with Crippen LogP contribution in [-0.2, 0) is 11.3 Å². The number of amides is 1. The van der Waals surface area contributed by atoms with E-state index < -0.39 is 0 Å². The van der Waals surface area contributed by atoms with Crippen LogP contribution < -0.4 is 15.4 Å². The van der Waals surface area contributed by atoms with Crippen LogP contribution in [0.4, 0.5) is 0 Å². The SMILES string of the molecule is O=C(NCc1ccc(OC2CCCCC2)cc1)C1CCNCC1. The maximum Gasteiger partial charge on any atom is 0.223 e. The molecule has 0 aromatic heterocycles. The fourth-order valence-electron chi connectivity index (χ4n) is 3.48. The summed E-state index contributed by atoms with van der Waals surface area (Å²) in [6.07, 6.45) is 8.53. The molecule has 0 unspecified atom stereocenters. The zero-order valence-corrected chi connectivity index (χ0v) is 13.9. The molecule has 1 heterocycles. The monoisotopic (exact) mass is 316 g/mol. The van der Waals surface area contributed by atoms with Gasteiger partial charge < -0.3 is 15.4 Å². The Bertz CT molecular complexity index is 489. The molecule has 4 nitrogen and oxygen atoms in total. The van der Waals surface area contributed by atoms with Gasteiger partial charge in [0, 0.05) is 12.5 Å². The van der Waals surface area contributed by atoms with Crippen molar-refractivity contribution in [1.29, 1.82) is 0 Å². The van der Waals surface area contributed by atoms with Crippen molar-refractivity contribution in [2.75, 3.05) is 13.1 Å². The molecule has 2 fully saturated rings. The van der Waals surface area contributed by atoms with Gasteiger partial charge in [0.05, 0.1) is 6.10 Å². The topological polar surface area (TPSA) is 50.4 Å². The van der Waals surface area contributed by atoms with Crippen LogP contribution in [0.15, 0.2) is 24.3 Å². The van der Waals surface area contributed by atoms with Crippen molar-refractivity contribution in [3.05, 3.63) is 29.8 Å². The first-order valence-corrected chi connectivity index (χ1v) is 9.05. The molecule has 126 valence electrons. The Morgan fingerprint density at radius 1 is 1.04 bits per heavy atom. The van der Waals surface area contributed by atoms with Crippen LogP contribution in [0.1, 0.15) is 50.5 Å². The van der Waals surface area contributed by atoms with Gasteiger partial charge in [-0.05, 0) is 69.3 Å². The van der Waals surface area contributed by atoms with E-state index >= 15 is 0 Å². The van der Waals surface area contributed by atoms with E-state index in [1.807, 2.05) is 12.1 Å². The fourth-order valence-corrected chi connectivity index (χ4v) is 3.48. The number of hydrogen-bond donors (Lipinski definition) is 2. The predicted octanol–water partition coefficient (Wildman–Crippen LogP) is 3.01. The lowest BCUT2D eigenvalue weighted by atomic mass is 9.97. The molecule has 0 radical (unpaired) electrons. The number of hydrogen-bond acceptors (Lipinski definition) is 3. The minimum Gasteiger partial charge on any atom is -0.490 e. The van der Waals surface area contributed by atoms with Crippen LogP contribution in [-0.4, -0.2) is 25.1 Å². The summed E-state index contributed by atoms with van der Waals surface area (Å²) in [7, 11) is 0. The zero-order valence-electron chi connectivity index (χ0n) is 13.9. The first-order chi connectivity index (χ1) is 11.3. The second-order valence-corrected chi connectivity index (χ2v) is 6.76. The van der Waals surface area contributed by atoms with Gasteiger partial charge in [-0.1, -0.05) is 18.6 Å². The van der Waals surface area contributed by atoms with Gasteiger partial charge in [-0.15, -0.1) is 0 Å². The summed E-state index contributed by atoms with van der Waals surface area (Å²) in [5, 5.41) is 6.35. The smallest absolute Gasteiger partial charge is 0.223 e. The lowest BCUT2D eigenvalue weighted by Gasteiger charge is -2.23. The molecular weight excluding hydrogens is 288 g/mol. The highest BCUT2D eigenvalue weighted by atomic mass is 16.5. The first kappa shape index (κ1) is 16.3. The molecule has 23 heavy (non-hydrogen) atoms. The summed E-state index contributed by atoms with van der Waals surface area (Å²) < 4.78 is 6.04. The van der Waals surface area contributed by atoms with Gasteiger partial charge in [-0.25, -0.2) is 0 Å². The van der Waals surface area contributed by atoms with Gasteiger partial charge in [0.15, 0.2) is 0 Å². The standard InChI is InChI=1S/C19H28N2O2/c22-19(16-10-12-20-13-11-16)21-14-15-6-8-18(9-7-15)23-17-4-2-1-3-5-17/h6-9,16-17,20H,1-5,10-14H2,(H,21,22). The molecule has 1 aromatic rings.